The topological polar surface area (TPSA) is 70.2 Å². The molecule has 0 unspecified atom stereocenters. The Hall–Kier alpha value is -2.82. The molecule has 0 aliphatic heterocycles. The highest BCUT2D eigenvalue weighted by atomic mass is 16.2. The average Bonchev–Trinajstić information content (AvgIpc) is 2.53. The van der Waals surface area contributed by atoms with Crippen molar-refractivity contribution in [3.8, 4) is 0 Å². The van der Waals surface area contributed by atoms with Gasteiger partial charge >= 0.3 is 6.03 Å². The maximum absolute atomic E-state index is 11.9. The third-order valence-electron chi connectivity index (χ3n) is 3.36. The van der Waals surface area contributed by atoms with Crippen LogP contribution in [-0.2, 0) is 11.2 Å². The van der Waals surface area contributed by atoms with Gasteiger partial charge < -0.3 is 16.0 Å². The minimum absolute atomic E-state index is 0.0876. The van der Waals surface area contributed by atoms with Crippen molar-refractivity contribution in [2.45, 2.75) is 20.3 Å². The molecule has 2 aromatic carbocycles. The van der Waals surface area contributed by atoms with Gasteiger partial charge in [-0.1, -0.05) is 37.3 Å². The van der Waals surface area contributed by atoms with Gasteiger partial charge in [-0.15, -0.1) is 0 Å². The molecule has 5 heteroatoms. The molecule has 0 fully saturated rings. The van der Waals surface area contributed by atoms with E-state index in [9.17, 15) is 9.59 Å². The zero-order chi connectivity index (χ0) is 16.7. The monoisotopic (exact) mass is 311 g/mol. The molecule has 0 heterocycles. The fraction of sp³-hybridized carbons (Fsp3) is 0.222. The van der Waals surface area contributed by atoms with E-state index in [0.717, 1.165) is 23.2 Å². The number of rotatable bonds is 5. The van der Waals surface area contributed by atoms with E-state index in [-0.39, 0.29) is 12.5 Å². The first-order valence-corrected chi connectivity index (χ1v) is 7.57. The SMILES string of the molecule is CCc1ccccc1NC(=O)CNC(=O)Nc1cccc(C)c1. The summed E-state index contributed by atoms with van der Waals surface area (Å²) < 4.78 is 0. The van der Waals surface area contributed by atoms with Crippen molar-refractivity contribution in [1.82, 2.24) is 5.32 Å². The Bertz CT molecular complexity index is 698. The lowest BCUT2D eigenvalue weighted by Crippen LogP contribution is -2.35. The summed E-state index contributed by atoms with van der Waals surface area (Å²) in [7, 11) is 0. The highest BCUT2D eigenvalue weighted by Crippen LogP contribution is 2.15. The summed E-state index contributed by atoms with van der Waals surface area (Å²) in [6.45, 7) is 3.88. The molecule has 0 aliphatic rings. The van der Waals surface area contributed by atoms with E-state index in [2.05, 4.69) is 16.0 Å². The molecule has 0 saturated carbocycles. The third-order valence-corrected chi connectivity index (χ3v) is 3.36. The number of benzene rings is 2. The van der Waals surface area contributed by atoms with E-state index in [0.29, 0.717) is 5.69 Å². The van der Waals surface area contributed by atoms with Crippen LogP contribution in [0.1, 0.15) is 18.1 Å². The van der Waals surface area contributed by atoms with Crippen molar-refractivity contribution >= 4 is 23.3 Å². The summed E-state index contributed by atoms with van der Waals surface area (Å²) in [5, 5.41) is 8.05. The summed E-state index contributed by atoms with van der Waals surface area (Å²) in [5.74, 6) is -0.259. The second-order valence-corrected chi connectivity index (χ2v) is 5.24. The van der Waals surface area contributed by atoms with Crippen LogP contribution in [0.15, 0.2) is 48.5 Å². The lowest BCUT2D eigenvalue weighted by atomic mass is 10.1. The summed E-state index contributed by atoms with van der Waals surface area (Å²) in [5.41, 5.74) is 3.59. The standard InChI is InChI=1S/C18H21N3O2/c1-3-14-8-4-5-10-16(14)21-17(22)12-19-18(23)20-15-9-6-7-13(2)11-15/h4-11H,3,12H2,1-2H3,(H,21,22)(H2,19,20,23). The molecule has 2 aromatic rings. The molecule has 2 rings (SSSR count). The van der Waals surface area contributed by atoms with E-state index < -0.39 is 6.03 Å². The molecule has 0 radical (unpaired) electrons. The normalized spacial score (nSPS) is 10.0. The molecule has 0 spiro atoms. The van der Waals surface area contributed by atoms with Gasteiger partial charge in [0.05, 0.1) is 6.54 Å². The Morgan fingerprint density at radius 3 is 2.52 bits per heavy atom. The van der Waals surface area contributed by atoms with Crippen LogP contribution >= 0.6 is 0 Å². The third kappa shape index (κ3) is 5.14. The molecular weight excluding hydrogens is 290 g/mol. The molecule has 23 heavy (non-hydrogen) atoms. The summed E-state index contributed by atoms with van der Waals surface area (Å²) in [6, 6.07) is 14.7. The van der Waals surface area contributed by atoms with Gasteiger partial charge in [-0.2, -0.15) is 0 Å². The number of nitrogens with one attached hydrogen (secondary N) is 3. The highest BCUT2D eigenvalue weighted by Gasteiger charge is 2.08. The number of hydrogen-bond donors (Lipinski definition) is 3. The van der Waals surface area contributed by atoms with Crippen LogP contribution in [-0.4, -0.2) is 18.5 Å². The average molecular weight is 311 g/mol. The van der Waals surface area contributed by atoms with E-state index in [1.165, 1.54) is 0 Å². The van der Waals surface area contributed by atoms with Crippen LogP contribution in [0.3, 0.4) is 0 Å². The van der Waals surface area contributed by atoms with Crippen molar-refractivity contribution in [1.29, 1.82) is 0 Å². The highest BCUT2D eigenvalue weighted by molar-refractivity contribution is 5.97. The largest absolute Gasteiger partial charge is 0.329 e. The van der Waals surface area contributed by atoms with Gasteiger partial charge in [-0.3, -0.25) is 4.79 Å². The smallest absolute Gasteiger partial charge is 0.319 e. The van der Waals surface area contributed by atoms with Crippen molar-refractivity contribution < 1.29 is 9.59 Å². The van der Waals surface area contributed by atoms with Gasteiger partial charge in [0.15, 0.2) is 0 Å². The van der Waals surface area contributed by atoms with Crippen molar-refractivity contribution in [2.75, 3.05) is 17.2 Å². The number of carbonyl (C=O) groups is 2. The maximum atomic E-state index is 11.9. The summed E-state index contributed by atoms with van der Waals surface area (Å²) in [4.78, 5) is 23.7. The number of carbonyl (C=O) groups excluding carboxylic acids is 2. The van der Waals surface area contributed by atoms with Crippen LogP contribution in [0, 0.1) is 6.92 Å². The zero-order valence-corrected chi connectivity index (χ0v) is 13.3. The van der Waals surface area contributed by atoms with Crippen LogP contribution in [0.5, 0.6) is 0 Å². The molecule has 0 saturated heterocycles. The lowest BCUT2D eigenvalue weighted by molar-refractivity contribution is -0.115. The molecular formula is C18H21N3O2. The Labute approximate surface area is 136 Å². The molecule has 3 amide bonds. The molecule has 5 nitrogen and oxygen atoms in total. The van der Waals surface area contributed by atoms with Crippen LogP contribution in [0.2, 0.25) is 0 Å². The minimum atomic E-state index is -0.408. The Balaban J connectivity index is 1.83. The van der Waals surface area contributed by atoms with E-state index in [4.69, 9.17) is 0 Å². The lowest BCUT2D eigenvalue weighted by Gasteiger charge is -2.11. The number of anilines is 2. The van der Waals surface area contributed by atoms with Gasteiger partial charge in [0.1, 0.15) is 0 Å². The Kier molecular flexibility index (Phi) is 5.74. The molecule has 3 N–H and O–H groups in total. The summed E-state index contributed by atoms with van der Waals surface area (Å²) >= 11 is 0. The first-order chi connectivity index (χ1) is 11.1. The van der Waals surface area contributed by atoms with E-state index in [1.807, 2.05) is 56.3 Å². The molecule has 0 aromatic heterocycles. The fourth-order valence-corrected chi connectivity index (χ4v) is 2.20. The van der Waals surface area contributed by atoms with Crippen LogP contribution < -0.4 is 16.0 Å². The van der Waals surface area contributed by atoms with Crippen molar-refractivity contribution in [3.05, 3.63) is 59.7 Å². The van der Waals surface area contributed by atoms with Gasteiger partial charge in [-0.25, -0.2) is 4.79 Å². The van der Waals surface area contributed by atoms with Gasteiger partial charge in [0.25, 0.3) is 0 Å². The zero-order valence-electron chi connectivity index (χ0n) is 13.3. The molecule has 120 valence electrons. The van der Waals surface area contributed by atoms with Crippen molar-refractivity contribution in [3.63, 3.8) is 0 Å². The van der Waals surface area contributed by atoms with Gasteiger partial charge in [0.2, 0.25) is 5.91 Å². The van der Waals surface area contributed by atoms with Gasteiger partial charge in [0, 0.05) is 11.4 Å². The van der Waals surface area contributed by atoms with Gasteiger partial charge in [-0.05, 0) is 42.7 Å². The number of urea groups is 1. The number of hydrogen-bond acceptors (Lipinski definition) is 2. The summed E-state index contributed by atoms with van der Waals surface area (Å²) in [6.07, 6.45) is 0.831. The van der Waals surface area contributed by atoms with Crippen molar-refractivity contribution in [2.24, 2.45) is 0 Å². The molecule has 0 aliphatic carbocycles. The number of amides is 3. The van der Waals surface area contributed by atoms with E-state index in [1.54, 1.807) is 6.07 Å². The van der Waals surface area contributed by atoms with Crippen LogP contribution in [0.4, 0.5) is 16.2 Å². The first kappa shape index (κ1) is 16.5. The Morgan fingerprint density at radius 2 is 1.78 bits per heavy atom. The number of para-hydroxylation sites is 1. The second-order valence-electron chi connectivity index (χ2n) is 5.24. The molecule has 0 bridgehead atoms. The molecule has 0 atom stereocenters. The predicted octanol–water partition coefficient (Wildman–Crippen LogP) is 3.32. The van der Waals surface area contributed by atoms with E-state index >= 15 is 0 Å². The number of aryl methyl sites for hydroxylation is 2. The fourth-order valence-electron chi connectivity index (χ4n) is 2.20. The maximum Gasteiger partial charge on any atom is 0.319 e. The minimum Gasteiger partial charge on any atom is -0.329 e. The Morgan fingerprint density at radius 1 is 1.00 bits per heavy atom. The predicted molar refractivity (Wildman–Crippen MR) is 92.7 cm³/mol. The second kappa shape index (κ2) is 7.98. The quantitative estimate of drug-likeness (QED) is 0.793. The van der Waals surface area contributed by atoms with Crippen LogP contribution in [0.25, 0.3) is 0 Å². The first-order valence-electron chi connectivity index (χ1n) is 7.57.